The van der Waals surface area contributed by atoms with Crippen molar-refractivity contribution in [3.8, 4) is 0 Å². The van der Waals surface area contributed by atoms with Crippen molar-refractivity contribution < 1.29 is 31.9 Å². The number of alkyl halides is 4. The number of esters is 1. The highest BCUT2D eigenvalue weighted by Gasteiger charge is 2.50. The molecule has 4 nitrogen and oxygen atoms in total. The van der Waals surface area contributed by atoms with Gasteiger partial charge in [-0.25, -0.2) is 13.6 Å². The summed E-state index contributed by atoms with van der Waals surface area (Å²) in [6, 6.07) is -1.42. The zero-order valence-electron chi connectivity index (χ0n) is 12.0. The molecule has 118 valence electrons. The fourth-order valence-corrected chi connectivity index (χ4v) is 1.20. The number of nitrogens with one attached hydrogen (secondary N) is 1. The third kappa shape index (κ3) is 5.34. The molecule has 1 atom stereocenters. The van der Waals surface area contributed by atoms with E-state index in [1.54, 1.807) is 26.1 Å². The molecular weight excluding hydrogens is 282 g/mol. The van der Waals surface area contributed by atoms with Gasteiger partial charge in [0.25, 0.3) is 5.91 Å². The van der Waals surface area contributed by atoms with E-state index in [1.165, 1.54) is 13.8 Å². The van der Waals surface area contributed by atoms with Crippen molar-refractivity contribution in [3.63, 3.8) is 0 Å². The maximum atomic E-state index is 12.9. The number of rotatable bonds is 5. The monoisotopic (exact) mass is 301 g/mol. The predicted molar refractivity (Wildman–Crippen MR) is 63.6 cm³/mol. The van der Waals surface area contributed by atoms with E-state index < -0.39 is 41.8 Å². The number of hydrogen-bond donors (Lipinski definition) is 1. The first-order valence-electron chi connectivity index (χ1n) is 5.98. The van der Waals surface area contributed by atoms with Gasteiger partial charge in [-0.1, -0.05) is 13.8 Å². The molecule has 0 fully saturated rings. The average Bonchev–Trinajstić information content (AvgIpc) is 2.21. The Morgan fingerprint density at radius 3 is 1.85 bits per heavy atom. The SMILES string of the molecule is CC(C)[C@H](NC(=O)C(F)(F)C(F)F)C(=O)OC(C)(C)C. The van der Waals surface area contributed by atoms with Crippen molar-refractivity contribution in [1.29, 1.82) is 0 Å². The van der Waals surface area contributed by atoms with Crippen molar-refractivity contribution in [2.75, 3.05) is 0 Å². The molecular formula is C12H19F4NO3. The summed E-state index contributed by atoms with van der Waals surface area (Å²) in [5, 5.41) is 1.62. The van der Waals surface area contributed by atoms with E-state index in [9.17, 15) is 27.2 Å². The normalized spacial score (nSPS) is 14.3. The highest BCUT2D eigenvalue weighted by Crippen LogP contribution is 2.23. The number of halogens is 4. The molecule has 0 aliphatic heterocycles. The average molecular weight is 301 g/mol. The first-order chi connectivity index (χ1) is 8.79. The molecule has 0 aromatic rings. The Balaban J connectivity index is 4.98. The van der Waals surface area contributed by atoms with Crippen LogP contribution in [0, 0.1) is 5.92 Å². The van der Waals surface area contributed by atoms with Gasteiger partial charge in [0.05, 0.1) is 0 Å². The molecule has 8 heteroatoms. The smallest absolute Gasteiger partial charge is 0.383 e. The minimum atomic E-state index is -4.85. The second-order valence-corrected chi connectivity index (χ2v) is 5.65. The van der Waals surface area contributed by atoms with Gasteiger partial charge in [-0.2, -0.15) is 8.78 Å². The van der Waals surface area contributed by atoms with Crippen LogP contribution < -0.4 is 5.32 Å². The van der Waals surface area contributed by atoms with E-state index in [4.69, 9.17) is 4.74 Å². The minimum Gasteiger partial charge on any atom is -0.458 e. The number of ether oxygens (including phenoxy) is 1. The molecule has 0 aromatic carbocycles. The summed E-state index contributed by atoms with van der Waals surface area (Å²) in [7, 11) is 0. The predicted octanol–water partition coefficient (Wildman–Crippen LogP) is 2.37. The molecule has 0 bridgehead atoms. The largest absolute Gasteiger partial charge is 0.458 e. The van der Waals surface area contributed by atoms with Crippen LogP contribution >= 0.6 is 0 Å². The summed E-state index contributed by atoms with van der Waals surface area (Å²) in [6.45, 7) is 7.60. The number of hydrogen-bond acceptors (Lipinski definition) is 3. The summed E-state index contributed by atoms with van der Waals surface area (Å²) in [5.74, 6) is -8.60. The van der Waals surface area contributed by atoms with Gasteiger partial charge in [0.2, 0.25) is 0 Å². The molecule has 0 aliphatic carbocycles. The fourth-order valence-electron chi connectivity index (χ4n) is 1.20. The Hall–Kier alpha value is -1.34. The molecule has 0 aliphatic rings. The summed E-state index contributed by atoms with van der Waals surface area (Å²) in [5.41, 5.74) is -0.889. The molecule has 1 amide bonds. The maximum absolute atomic E-state index is 12.9. The quantitative estimate of drug-likeness (QED) is 0.626. The molecule has 0 unspecified atom stereocenters. The van der Waals surface area contributed by atoms with Crippen molar-refractivity contribution >= 4 is 11.9 Å². The van der Waals surface area contributed by atoms with Crippen molar-refractivity contribution in [2.45, 2.75) is 58.6 Å². The fraction of sp³-hybridized carbons (Fsp3) is 0.833. The van der Waals surface area contributed by atoms with Gasteiger partial charge in [-0.3, -0.25) is 4.79 Å². The lowest BCUT2D eigenvalue weighted by Crippen LogP contribution is -2.54. The minimum absolute atomic E-state index is 0.595. The van der Waals surface area contributed by atoms with Crippen LogP contribution in [0.4, 0.5) is 17.6 Å². The van der Waals surface area contributed by atoms with Crippen LogP contribution in [-0.4, -0.2) is 35.9 Å². The molecule has 0 spiro atoms. The summed E-state index contributed by atoms with van der Waals surface area (Å²) in [6.07, 6.45) is -4.14. The second-order valence-electron chi connectivity index (χ2n) is 5.65. The van der Waals surface area contributed by atoms with Crippen molar-refractivity contribution in [2.24, 2.45) is 5.92 Å². The number of carbonyl (C=O) groups excluding carboxylic acids is 2. The first-order valence-corrected chi connectivity index (χ1v) is 5.98. The summed E-state index contributed by atoms with van der Waals surface area (Å²) >= 11 is 0. The van der Waals surface area contributed by atoms with Crippen LogP contribution in [0.15, 0.2) is 0 Å². The van der Waals surface area contributed by atoms with Gasteiger partial charge in [0.15, 0.2) is 0 Å². The van der Waals surface area contributed by atoms with Crippen molar-refractivity contribution in [1.82, 2.24) is 5.32 Å². The zero-order chi connectivity index (χ0) is 16.3. The Labute approximate surface area is 114 Å². The topological polar surface area (TPSA) is 55.4 Å². The van der Waals surface area contributed by atoms with E-state index in [-0.39, 0.29) is 0 Å². The van der Waals surface area contributed by atoms with Gasteiger partial charge in [-0.15, -0.1) is 0 Å². The molecule has 0 aromatic heterocycles. The highest BCUT2D eigenvalue weighted by atomic mass is 19.3. The van der Waals surface area contributed by atoms with Gasteiger partial charge in [0, 0.05) is 0 Å². The summed E-state index contributed by atoms with van der Waals surface area (Å²) < 4.78 is 54.8. The Kier molecular flexibility index (Phi) is 5.98. The maximum Gasteiger partial charge on any atom is 0.383 e. The first kappa shape index (κ1) is 18.7. The zero-order valence-corrected chi connectivity index (χ0v) is 12.0. The number of carbonyl (C=O) groups is 2. The van der Waals surface area contributed by atoms with E-state index in [1.807, 2.05) is 0 Å². The van der Waals surface area contributed by atoms with E-state index in [0.29, 0.717) is 0 Å². The van der Waals surface area contributed by atoms with Gasteiger partial charge < -0.3 is 10.1 Å². The van der Waals surface area contributed by atoms with E-state index in [0.717, 1.165) is 0 Å². The third-order valence-electron chi connectivity index (χ3n) is 2.19. The lowest BCUT2D eigenvalue weighted by molar-refractivity contribution is -0.174. The molecule has 0 heterocycles. The third-order valence-corrected chi connectivity index (χ3v) is 2.19. The molecule has 0 saturated carbocycles. The molecule has 1 N–H and O–H groups in total. The number of amides is 1. The summed E-state index contributed by atoms with van der Waals surface area (Å²) in [4.78, 5) is 22.9. The van der Waals surface area contributed by atoms with Crippen LogP contribution in [0.2, 0.25) is 0 Å². The van der Waals surface area contributed by atoms with Crippen molar-refractivity contribution in [3.05, 3.63) is 0 Å². The van der Waals surface area contributed by atoms with Crippen LogP contribution in [0.1, 0.15) is 34.6 Å². The van der Waals surface area contributed by atoms with Crippen LogP contribution in [0.25, 0.3) is 0 Å². The lowest BCUT2D eigenvalue weighted by Gasteiger charge is -2.27. The standard InChI is InChI=1S/C12H19F4NO3/c1-6(2)7(8(18)20-11(3,4)5)17-10(19)12(15,16)9(13)14/h6-7,9H,1-5H3,(H,17,19)/t7-/m0/s1. The highest BCUT2D eigenvalue weighted by molar-refractivity contribution is 5.89. The van der Waals surface area contributed by atoms with Gasteiger partial charge in [-0.05, 0) is 26.7 Å². The second kappa shape index (κ2) is 6.41. The van der Waals surface area contributed by atoms with E-state index in [2.05, 4.69) is 0 Å². The Bertz CT molecular complexity index is 364. The Morgan fingerprint density at radius 1 is 1.10 bits per heavy atom. The molecule has 20 heavy (non-hydrogen) atoms. The van der Waals surface area contributed by atoms with E-state index >= 15 is 0 Å². The van der Waals surface area contributed by atoms with Crippen LogP contribution in [0.3, 0.4) is 0 Å². The molecule has 0 saturated heterocycles. The molecule has 0 rings (SSSR count). The van der Waals surface area contributed by atoms with Gasteiger partial charge >= 0.3 is 18.3 Å². The molecule has 0 radical (unpaired) electrons. The lowest BCUT2D eigenvalue weighted by atomic mass is 10.0. The van der Waals surface area contributed by atoms with Crippen LogP contribution in [-0.2, 0) is 14.3 Å². The van der Waals surface area contributed by atoms with Gasteiger partial charge in [0.1, 0.15) is 11.6 Å². The Morgan fingerprint density at radius 2 is 1.55 bits per heavy atom. The van der Waals surface area contributed by atoms with Crippen LogP contribution in [0.5, 0.6) is 0 Å².